The van der Waals surface area contributed by atoms with Gasteiger partial charge in [0, 0.05) is 0 Å². The molecule has 138 valence electrons. The standard InChI is InChI=1S/C12H15F4O6PS/c1-3-20-23(17,21-4-2)8-22-24(18,19)11-9(12(14,15)16)6-5-7-10(11)13/h5-7H,3-4,8H2,1-2H3. The van der Waals surface area contributed by atoms with E-state index in [4.69, 9.17) is 9.05 Å². The van der Waals surface area contributed by atoms with E-state index >= 15 is 0 Å². The summed E-state index contributed by atoms with van der Waals surface area (Å²) in [6, 6.07) is 1.64. The van der Waals surface area contributed by atoms with Crippen LogP contribution in [0.5, 0.6) is 0 Å². The van der Waals surface area contributed by atoms with Crippen molar-refractivity contribution in [2.75, 3.05) is 19.6 Å². The first-order chi connectivity index (χ1) is 11.0. The van der Waals surface area contributed by atoms with Crippen LogP contribution >= 0.6 is 7.60 Å². The molecule has 0 aliphatic rings. The second-order valence-corrected chi connectivity index (χ2v) is 7.81. The second-order valence-electron chi connectivity index (χ2n) is 4.26. The van der Waals surface area contributed by atoms with Gasteiger partial charge >= 0.3 is 23.9 Å². The van der Waals surface area contributed by atoms with Gasteiger partial charge in [-0.05, 0) is 26.0 Å². The molecule has 0 saturated heterocycles. The molecule has 0 heterocycles. The largest absolute Gasteiger partial charge is 0.417 e. The topological polar surface area (TPSA) is 78.9 Å². The minimum atomic E-state index is -5.20. The summed E-state index contributed by atoms with van der Waals surface area (Å²) >= 11 is 0. The van der Waals surface area contributed by atoms with Gasteiger partial charge < -0.3 is 9.05 Å². The first-order valence-corrected chi connectivity index (χ1v) is 9.73. The van der Waals surface area contributed by atoms with Crippen LogP contribution in [0, 0.1) is 5.82 Å². The average Bonchev–Trinajstić information content (AvgIpc) is 2.44. The molecule has 24 heavy (non-hydrogen) atoms. The van der Waals surface area contributed by atoms with Crippen molar-refractivity contribution in [3.05, 3.63) is 29.6 Å². The van der Waals surface area contributed by atoms with Gasteiger partial charge in [-0.1, -0.05) is 6.07 Å². The molecule has 0 aliphatic carbocycles. The molecule has 0 saturated carbocycles. The Morgan fingerprint density at radius 1 is 1.12 bits per heavy atom. The highest BCUT2D eigenvalue weighted by Gasteiger charge is 2.40. The Labute approximate surface area is 136 Å². The summed E-state index contributed by atoms with van der Waals surface area (Å²) in [6.45, 7) is 2.65. The first kappa shape index (κ1) is 21.0. The van der Waals surface area contributed by atoms with E-state index < -0.39 is 46.5 Å². The van der Waals surface area contributed by atoms with Crippen LogP contribution in [-0.4, -0.2) is 28.0 Å². The predicted molar refractivity (Wildman–Crippen MR) is 75.4 cm³/mol. The van der Waals surface area contributed by atoms with Crippen LogP contribution in [0.3, 0.4) is 0 Å². The van der Waals surface area contributed by atoms with Crippen molar-refractivity contribution >= 4 is 17.7 Å². The van der Waals surface area contributed by atoms with Crippen LogP contribution in [0.25, 0.3) is 0 Å². The summed E-state index contributed by atoms with van der Waals surface area (Å²) in [4.78, 5) is -1.68. The maximum atomic E-state index is 13.7. The van der Waals surface area contributed by atoms with Crippen molar-refractivity contribution < 1.29 is 43.8 Å². The number of alkyl halides is 3. The summed E-state index contributed by atoms with van der Waals surface area (Å²) in [5.41, 5.74) is -1.73. The molecule has 0 unspecified atom stereocenters. The van der Waals surface area contributed by atoms with E-state index in [0.29, 0.717) is 18.2 Å². The SMILES string of the molecule is CCOP(=O)(COS(=O)(=O)c1c(F)cccc1C(F)(F)F)OCC. The van der Waals surface area contributed by atoms with Gasteiger partial charge in [0.2, 0.25) is 0 Å². The monoisotopic (exact) mass is 394 g/mol. The van der Waals surface area contributed by atoms with Crippen LogP contribution in [0.1, 0.15) is 19.4 Å². The fourth-order valence-electron chi connectivity index (χ4n) is 1.68. The molecule has 0 N–H and O–H groups in total. The van der Waals surface area contributed by atoms with Gasteiger partial charge in [-0.25, -0.2) is 4.39 Å². The van der Waals surface area contributed by atoms with E-state index in [-0.39, 0.29) is 13.2 Å². The Hall–Kier alpha value is -1.00. The molecule has 0 aromatic heterocycles. The van der Waals surface area contributed by atoms with Crippen LogP contribution in [0.15, 0.2) is 23.1 Å². The van der Waals surface area contributed by atoms with Crippen LogP contribution in [-0.2, 0) is 34.1 Å². The Morgan fingerprint density at radius 2 is 1.67 bits per heavy atom. The second kappa shape index (κ2) is 7.92. The molecule has 0 amide bonds. The lowest BCUT2D eigenvalue weighted by Gasteiger charge is -2.18. The zero-order valence-electron chi connectivity index (χ0n) is 12.7. The van der Waals surface area contributed by atoms with Crippen LogP contribution in [0.4, 0.5) is 17.6 Å². The fraction of sp³-hybridized carbons (Fsp3) is 0.500. The van der Waals surface area contributed by atoms with Crippen LogP contribution < -0.4 is 0 Å². The number of hydrogen-bond acceptors (Lipinski definition) is 6. The highest BCUT2D eigenvalue weighted by molar-refractivity contribution is 7.87. The molecule has 0 aliphatic heterocycles. The van der Waals surface area contributed by atoms with Gasteiger partial charge in [0.15, 0.2) is 6.35 Å². The van der Waals surface area contributed by atoms with Gasteiger partial charge in [0.25, 0.3) is 0 Å². The van der Waals surface area contributed by atoms with E-state index in [1.807, 2.05) is 0 Å². The van der Waals surface area contributed by atoms with Crippen molar-refractivity contribution in [3.63, 3.8) is 0 Å². The number of benzene rings is 1. The fourth-order valence-corrected chi connectivity index (χ4v) is 4.64. The molecule has 1 aromatic carbocycles. The lowest BCUT2D eigenvalue weighted by atomic mass is 10.2. The summed E-state index contributed by atoms with van der Waals surface area (Å²) in [6.07, 6.45) is -6.31. The molecule has 0 bridgehead atoms. The van der Waals surface area contributed by atoms with E-state index in [1.54, 1.807) is 0 Å². The van der Waals surface area contributed by atoms with E-state index in [9.17, 15) is 30.5 Å². The van der Waals surface area contributed by atoms with Crippen molar-refractivity contribution in [3.8, 4) is 0 Å². The Bertz CT molecular complexity index is 709. The minimum absolute atomic E-state index is 0.117. The zero-order chi connectivity index (χ0) is 18.6. The normalized spacial score (nSPS) is 13.2. The average molecular weight is 394 g/mol. The van der Waals surface area contributed by atoms with Gasteiger partial charge in [-0.2, -0.15) is 21.6 Å². The number of rotatable bonds is 8. The zero-order valence-corrected chi connectivity index (χ0v) is 14.4. The van der Waals surface area contributed by atoms with Crippen molar-refractivity contribution in [1.82, 2.24) is 0 Å². The molecule has 1 aromatic rings. The number of halogens is 4. The molecule has 0 spiro atoms. The Balaban J connectivity index is 3.21. The lowest BCUT2D eigenvalue weighted by Crippen LogP contribution is -2.18. The van der Waals surface area contributed by atoms with E-state index in [2.05, 4.69) is 4.18 Å². The summed E-state index contributed by atoms with van der Waals surface area (Å²) in [5, 5.41) is 0. The maximum Gasteiger partial charge on any atom is 0.417 e. The summed E-state index contributed by atoms with van der Waals surface area (Å²) < 4.78 is 102. The van der Waals surface area contributed by atoms with Gasteiger partial charge in [0.1, 0.15) is 10.7 Å². The molecule has 1 rings (SSSR count). The molecule has 6 nitrogen and oxygen atoms in total. The van der Waals surface area contributed by atoms with E-state index in [1.165, 1.54) is 13.8 Å². The molecule has 0 atom stereocenters. The summed E-state index contributed by atoms with van der Waals surface area (Å²) in [7, 11) is -9.21. The smallest absolute Gasteiger partial charge is 0.307 e. The molecular weight excluding hydrogens is 379 g/mol. The first-order valence-electron chi connectivity index (χ1n) is 6.60. The van der Waals surface area contributed by atoms with Crippen LogP contribution in [0.2, 0.25) is 0 Å². The Morgan fingerprint density at radius 3 is 2.12 bits per heavy atom. The molecule has 12 heteroatoms. The molecular formula is C12H15F4O6PS. The van der Waals surface area contributed by atoms with Gasteiger partial charge in [0.05, 0.1) is 18.8 Å². The van der Waals surface area contributed by atoms with Gasteiger partial charge in [-0.3, -0.25) is 8.75 Å². The minimum Gasteiger partial charge on any atom is -0.307 e. The highest BCUT2D eigenvalue weighted by atomic mass is 32.2. The predicted octanol–water partition coefficient (Wildman–Crippen LogP) is 3.77. The Kier molecular flexibility index (Phi) is 6.94. The third-order valence-corrected chi connectivity index (χ3v) is 5.81. The van der Waals surface area contributed by atoms with Crippen molar-refractivity contribution in [1.29, 1.82) is 0 Å². The lowest BCUT2D eigenvalue weighted by molar-refractivity contribution is -0.140. The maximum absolute atomic E-state index is 13.7. The number of hydrogen-bond donors (Lipinski definition) is 0. The molecule has 0 fully saturated rings. The quantitative estimate of drug-likeness (QED) is 0.379. The van der Waals surface area contributed by atoms with Crippen molar-refractivity contribution in [2.45, 2.75) is 24.9 Å². The molecule has 0 radical (unpaired) electrons. The van der Waals surface area contributed by atoms with E-state index in [0.717, 1.165) is 0 Å². The van der Waals surface area contributed by atoms with Crippen molar-refractivity contribution in [2.24, 2.45) is 0 Å². The highest BCUT2D eigenvalue weighted by Crippen LogP contribution is 2.48. The summed E-state index contributed by atoms with van der Waals surface area (Å²) in [5.74, 6) is -1.65. The third kappa shape index (κ3) is 5.25. The third-order valence-electron chi connectivity index (χ3n) is 2.54. The van der Waals surface area contributed by atoms with Gasteiger partial charge in [-0.15, -0.1) is 0 Å².